The van der Waals surface area contributed by atoms with Crippen LogP contribution in [-0.4, -0.2) is 53.4 Å². The van der Waals surface area contributed by atoms with Crippen LogP contribution >= 0.6 is 24.0 Å². The third kappa shape index (κ3) is 6.19. The average molecular weight is 458 g/mol. The Morgan fingerprint density at radius 2 is 1.84 bits per heavy atom. The molecular weight excluding hydrogens is 434 g/mol. The Morgan fingerprint density at radius 1 is 1.10 bits per heavy atom. The SMILES string of the molecule is O=C(NC1CC1)/C(=C\c1ccc(SC(=S)N2CCOCC2)o1)NC(=O)c1ccccc1. The number of amides is 2. The second-order valence-corrected chi connectivity index (χ2v) is 8.89. The van der Waals surface area contributed by atoms with Crippen LogP contribution in [0.5, 0.6) is 0 Å². The minimum Gasteiger partial charge on any atom is -0.450 e. The Labute approximate surface area is 190 Å². The summed E-state index contributed by atoms with van der Waals surface area (Å²) in [4.78, 5) is 27.3. The maximum atomic E-state index is 12.7. The number of nitrogens with one attached hydrogen (secondary N) is 2. The van der Waals surface area contributed by atoms with E-state index in [4.69, 9.17) is 21.4 Å². The van der Waals surface area contributed by atoms with E-state index in [1.807, 2.05) is 6.07 Å². The zero-order chi connectivity index (χ0) is 21.6. The van der Waals surface area contributed by atoms with Gasteiger partial charge in [0.15, 0.2) is 5.09 Å². The van der Waals surface area contributed by atoms with Crippen LogP contribution in [0.2, 0.25) is 0 Å². The van der Waals surface area contributed by atoms with Crippen molar-refractivity contribution in [3.8, 4) is 0 Å². The van der Waals surface area contributed by atoms with Crippen LogP contribution in [0.4, 0.5) is 0 Å². The second kappa shape index (κ2) is 10.1. The summed E-state index contributed by atoms with van der Waals surface area (Å²) < 4.78 is 11.9. The van der Waals surface area contributed by atoms with Crippen LogP contribution in [0.1, 0.15) is 29.0 Å². The monoisotopic (exact) mass is 457 g/mol. The number of carbonyl (C=O) groups is 2. The molecule has 4 rings (SSSR count). The molecular formula is C22H23N3O4S2. The fourth-order valence-corrected chi connectivity index (χ4v) is 4.13. The first-order chi connectivity index (χ1) is 15.1. The molecule has 1 aromatic heterocycles. The van der Waals surface area contributed by atoms with Gasteiger partial charge in [0.05, 0.1) is 13.2 Å². The number of morpholine rings is 1. The molecule has 2 aromatic rings. The largest absolute Gasteiger partial charge is 0.450 e. The minimum atomic E-state index is -0.354. The first kappa shape index (κ1) is 21.6. The van der Waals surface area contributed by atoms with Crippen molar-refractivity contribution in [3.63, 3.8) is 0 Å². The molecule has 0 atom stereocenters. The van der Waals surface area contributed by atoms with Crippen molar-refractivity contribution >= 4 is 46.2 Å². The van der Waals surface area contributed by atoms with E-state index in [0.717, 1.165) is 30.3 Å². The fourth-order valence-electron chi connectivity index (χ4n) is 2.94. The number of furan rings is 1. The van der Waals surface area contributed by atoms with Gasteiger partial charge in [0.1, 0.15) is 15.8 Å². The molecule has 2 heterocycles. The Morgan fingerprint density at radius 3 is 2.55 bits per heavy atom. The van der Waals surface area contributed by atoms with E-state index in [-0.39, 0.29) is 23.6 Å². The number of hydrogen-bond acceptors (Lipinski definition) is 6. The zero-order valence-electron chi connectivity index (χ0n) is 16.8. The molecule has 9 heteroatoms. The summed E-state index contributed by atoms with van der Waals surface area (Å²) in [6, 6.07) is 12.5. The summed E-state index contributed by atoms with van der Waals surface area (Å²) in [5, 5.41) is 6.24. The quantitative estimate of drug-likeness (QED) is 0.392. The number of rotatable bonds is 6. The molecule has 2 N–H and O–H groups in total. The third-order valence-corrected chi connectivity index (χ3v) is 6.15. The number of thioether (sulfide) groups is 1. The molecule has 1 aliphatic heterocycles. The lowest BCUT2D eigenvalue weighted by Gasteiger charge is -2.28. The number of benzene rings is 1. The molecule has 0 bridgehead atoms. The van der Waals surface area contributed by atoms with Crippen LogP contribution in [0, 0.1) is 0 Å². The third-order valence-electron chi connectivity index (χ3n) is 4.79. The number of ether oxygens (including phenoxy) is 1. The van der Waals surface area contributed by atoms with Gasteiger partial charge in [-0.3, -0.25) is 9.59 Å². The van der Waals surface area contributed by atoms with E-state index in [9.17, 15) is 9.59 Å². The standard InChI is InChI=1S/C22H23N3O4S2/c26-20(15-4-2-1-3-5-15)24-18(21(27)23-16-6-7-16)14-17-8-9-19(29-17)31-22(30)25-10-12-28-13-11-25/h1-5,8-9,14,16H,6-7,10-13H2,(H,23,27)(H,24,26)/b18-14+. The van der Waals surface area contributed by atoms with Gasteiger partial charge in [-0.05, 0) is 48.9 Å². The van der Waals surface area contributed by atoms with Gasteiger partial charge in [0, 0.05) is 30.8 Å². The summed E-state index contributed by atoms with van der Waals surface area (Å²) in [6.45, 7) is 2.84. The van der Waals surface area contributed by atoms with Crippen molar-refractivity contribution in [2.24, 2.45) is 0 Å². The van der Waals surface area contributed by atoms with Gasteiger partial charge in [-0.1, -0.05) is 30.4 Å². The van der Waals surface area contributed by atoms with Crippen LogP contribution in [0.25, 0.3) is 6.08 Å². The Bertz CT molecular complexity index is 980. The number of thiocarbonyl (C=S) groups is 1. The molecule has 1 aliphatic carbocycles. The van der Waals surface area contributed by atoms with Crippen molar-refractivity contribution in [3.05, 3.63) is 59.5 Å². The Hall–Kier alpha value is -2.62. The van der Waals surface area contributed by atoms with Gasteiger partial charge in [-0.2, -0.15) is 0 Å². The highest BCUT2D eigenvalue weighted by Gasteiger charge is 2.26. The van der Waals surface area contributed by atoms with Crippen molar-refractivity contribution in [1.29, 1.82) is 0 Å². The molecule has 162 valence electrons. The number of nitrogens with zero attached hydrogens (tertiary/aromatic N) is 1. The lowest BCUT2D eigenvalue weighted by molar-refractivity contribution is -0.117. The summed E-state index contributed by atoms with van der Waals surface area (Å²) in [5.41, 5.74) is 0.613. The molecule has 31 heavy (non-hydrogen) atoms. The molecule has 1 saturated carbocycles. The van der Waals surface area contributed by atoms with E-state index >= 15 is 0 Å². The number of hydrogen-bond donors (Lipinski definition) is 2. The van der Waals surface area contributed by atoms with Gasteiger partial charge >= 0.3 is 0 Å². The van der Waals surface area contributed by atoms with Crippen LogP contribution in [0.3, 0.4) is 0 Å². The Kier molecular flexibility index (Phi) is 7.06. The smallest absolute Gasteiger partial charge is 0.268 e. The lowest BCUT2D eigenvalue weighted by atomic mass is 10.2. The lowest BCUT2D eigenvalue weighted by Crippen LogP contribution is -2.38. The maximum Gasteiger partial charge on any atom is 0.268 e. The highest BCUT2D eigenvalue weighted by molar-refractivity contribution is 8.22. The molecule has 1 aromatic carbocycles. The summed E-state index contributed by atoms with van der Waals surface area (Å²) in [7, 11) is 0. The van der Waals surface area contributed by atoms with E-state index in [0.29, 0.717) is 29.6 Å². The van der Waals surface area contributed by atoms with E-state index < -0.39 is 0 Å². The van der Waals surface area contributed by atoms with Crippen molar-refractivity contribution in [1.82, 2.24) is 15.5 Å². The topological polar surface area (TPSA) is 83.8 Å². The minimum absolute atomic E-state index is 0.141. The Balaban J connectivity index is 1.46. The molecule has 0 unspecified atom stereocenters. The second-order valence-electron chi connectivity index (χ2n) is 7.25. The normalized spacial score (nSPS) is 16.6. The molecule has 2 aliphatic rings. The van der Waals surface area contributed by atoms with Crippen molar-refractivity contribution in [2.75, 3.05) is 26.3 Å². The summed E-state index contributed by atoms with van der Waals surface area (Å²) >= 11 is 6.85. The summed E-state index contributed by atoms with van der Waals surface area (Å²) in [6.07, 6.45) is 3.44. The van der Waals surface area contributed by atoms with Gasteiger partial charge < -0.3 is 24.7 Å². The van der Waals surface area contributed by atoms with Gasteiger partial charge in [0.25, 0.3) is 11.8 Å². The van der Waals surface area contributed by atoms with Gasteiger partial charge in [0.2, 0.25) is 0 Å². The summed E-state index contributed by atoms with van der Waals surface area (Å²) in [5.74, 6) is -0.227. The predicted molar refractivity (Wildman–Crippen MR) is 123 cm³/mol. The molecule has 1 saturated heterocycles. The first-order valence-corrected chi connectivity index (χ1v) is 11.3. The highest BCUT2D eigenvalue weighted by atomic mass is 32.2. The first-order valence-electron chi connectivity index (χ1n) is 10.1. The van der Waals surface area contributed by atoms with Crippen LogP contribution in [0.15, 0.2) is 57.7 Å². The van der Waals surface area contributed by atoms with E-state index in [2.05, 4.69) is 15.5 Å². The van der Waals surface area contributed by atoms with Crippen LogP contribution in [-0.2, 0) is 9.53 Å². The molecule has 2 amide bonds. The molecule has 0 spiro atoms. The molecule has 7 nitrogen and oxygen atoms in total. The van der Waals surface area contributed by atoms with Crippen molar-refractivity contribution in [2.45, 2.75) is 24.0 Å². The zero-order valence-corrected chi connectivity index (χ0v) is 18.5. The average Bonchev–Trinajstić information content (AvgIpc) is 3.51. The highest BCUT2D eigenvalue weighted by Crippen LogP contribution is 2.26. The molecule has 0 radical (unpaired) electrons. The van der Waals surface area contributed by atoms with Crippen LogP contribution < -0.4 is 10.6 Å². The van der Waals surface area contributed by atoms with E-state index in [1.54, 1.807) is 42.5 Å². The maximum absolute atomic E-state index is 12.7. The number of carbonyl (C=O) groups excluding carboxylic acids is 2. The van der Waals surface area contributed by atoms with E-state index in [1.165, 1.54) is 11.8 Å². The van der Waals surface area contributed by atoms with Crippen molar-refractivity contribution < 1.29 is 18.7 Å². The predicted octanol–water partition coefficient (Wildman–Crippen LogP) is 3.04. The van der Waals surface area contributed by atoms with Gasteiger partial charge in [-0.25, -0.2) is 0 Å². The fraction of sp³-hybridized carbons (Fsp3) is 0.318. The van der Waals surface area contributed by atoms with Gasteiger partial charge in [-0.15, -0.1) is 0 Å². The molecule has 2 fully saturated rings.